The first kappa shape index (κ1) is 24.4. The lowest BCUT2D eigenvalue weighted by molar-refractivity contribution is -0.135. The molecule has 2 N–H and O–H groups in total. The van der Waals surface area contributed by atoms with E-state index in [4.69, 9.17) is 15.2 Å². The van der Waals surface area contributed by atoms with E-state index in [1.165, 1.54) is 0 Å². The third-order valence-electron chi connectivity index (χ3n) is 6.38. The van der Waals surface area contributed by atoms with Crippen molar-refractivity contribution in [1.29, 1.82) is 0 Å². The van der Waals surface area contributed by atoms with Gasteiger partial charge in [0, 0.05) is 44.2 Å². The molecular weight excluding hydrogens is 430 g/mol. The predicted molar refractivity (Wildman–Crippen MR) is 131 cm³/mol. The van der Waals surface area contributed by atoms with E-state index < -0.39 is 6.04 Å². The number of benzene rings is 2. The molecule has 2 aromatic carbocycles. The van der Waals surface area contributed by atoms with Crippen LogP contribution in [0.15, 0.2) is 54.6 Å². The standard InChI is InChI=1S/C27H35N3O4/c28-25(20-33-19-21-5-2-1-3-6-21)27(32)30-16-14-29(15-17-30)13-4-18-34-24-11-9-23(10-12-24)26(31)22-7-8-22/h1-3,5-6,9-12,22,25H,4,7-8,13-20,28H2. The highest BCUT2D eigenvalue weighted by Crippen LogP contribution is 2.32. The van der Waals surface area contributed by atoms with E-state index in [-0.39, 0.29) is 24.2 Å². The summed E-state index contributed by atoms with van der Waals surface area (Å²) < 4.78 is 11.5. The summed E-state index contributed by atoms with van der Waals surface area (Å²) in [5.41, 5.74) is 7.93. The van der Waals surface area contributed by atoms with Gasteiger partial charge in [0.05, 0.1) is 19.8 Å². The summed E-state index contributed by atoms with van der Waals surface area (Å²) in [7, 11) is 0. The van der Waals surface area contributed by atoms with Crippen LogP contribution in [-0.4, -0.2) is 73.5 Å². The number of hydrogen-bond acceptors (Lipinski definition) is 6. The van der Waals surface area contributed by atoms with Gasteiger partial charge in [-0.25, -0.2) is 0 Å². The van der Waals surface area contributed by atoms with Crippen molar-refractivity contribution in [2.45, 2.75) is 31.9 Å². The molecule has 7 nitrogen and oxygen atoms in total. The van der Waals surface area contributed by atoms with E-state index in [1.807, 2.05) is 59.5 Å². The van der Waals surface area contributed by atoms with Gasteiger partial charge in [0.15, 0.2) is 5.78 Å². The Kier molecular flexibility index (Phi) is 8.68. The van der Waals surface area contributed by atoms with Crippen LogP contribution in [0.25, 0.3) is 0 Å². The molecule has 1 unspecified atom stereocenters. The molecule has 0 radical (unpaired) electrons. The number of carbonyl (C=O) groups excluding carboxylic acids is 2. The molecule has 1 heterocycles. The van der Waals surface area contributed by atoms with E-state index >= 15 is 0 Å². The molecule has 182 valence electrons. The summed E-state index contributed by atoms with van der Waals surface area (Å²) >= 11 is 0. The van der Waals surface area contributed by atoms with Gasteiger partial charge in [-0.3, -0.25) is 14.5 Å². The van der Waals surface area contributed by atoms with Crippen LogP contribution in [0.1, 0.15) is 35.2 Å². The number of piperazine rings is 1. The van der Waals surface area contributed by atoms with Crippen LogP contribution in [0.4, 0.5) is 0 Å². The van der Waals surface area contributed by atoms with Crippen LogP contribution < -0.4 is 10.5 Å². The van der Waals surface area contributed by atoms with Crippen molar-refractivity contribution in [2.24, 2.45) is 11.7 Å². The van der Waals surface area contributed by atoms with E-state index in [0.717, 1.165) is 55.8 Å². The van der Waals surface area contributed by atoms with E-state index in [0.29, 0.717) is 26.3 Å². The Morgan fingerprint density at radius 2 is 1.68 bits per heavy atom. The second-order valence-corrected chi connectivity index (χ2v) is 9.14. The Morgan fingerprint density at radius 1 is 0.971 bits per heavy atom. The van der Waals surface area contributed by atoms with Crippen LogP contribution in [0.5, 0.6) is 5.75 Å². The number of ketones is 1. The Balaban J connectivity index is 1.08. The fourth-order valence-electron chi connectivity index (χ4n) is 4.15. The first-order valence-electron chi connectivity index (χ1n) is 12.3. The first-order valence-corrected chi connectivity index (χ1v) is 12.3. The van der Waals surface area contributed by atoms with Gasteiger partial charge in [-0.1, -0.05) is 30.3 Å². The van der Waals surface area contributed by atoms with Crippen molar-refractivity contribution in [2.75, 3.05) is 45.9 Å². The molecule has 2 aromatic rings. The third-order valence-corrected chi connectivity index (χ3v) is 6.38. The highest BCUT2D eigenvalue weighted by molar-refractivity contribution is 5.99. The number of rotatable bonds is 12. The molecule has 0 spiro atoms. The number of nitrogens with zero attached hydrogens (tertiary/aromatic N) is 2. The third kappa shape index (κ3) is 7.13. The lowest BCUT2D eigenvalue weighted by atomic mass is 10.1. The second kappa shape index (κ2) is 12.1. The number of Topliss-reactive ketones (excluding diaryl/α,β-unsaturated/α-hetero) is 1. The first-order chi connectivity index (χ1) is 16.6. The summed E-state index contributed by atoms with van der Waals surface area (Å²) in [4.78, 5) is 28.9. The molecule has 1 aliphatic carbocycles. The summed E-state index contributed by atoms with van der Waals surface area (Å²) in [5, 5.41) is 0. The molecule has 2 fully saturated rings. The molecule has 1 aliphatic heterocycles. The Bertz CT molecular complexity index is 923. The molecule has 7 heteroatoms. The second-order valence-electron chi connectivity index (χ2n) is 9.14. The van der Waals surface area contributed by atoms with Gasteiger partial charge < -0.3 is 20.1 Å². The minimum atomic E-state index is -0.630. The summed E-state index contributed by atoms with van der Waals surface area (Å²) in [6.45, 7) is 5.26. The largest absolute Gasteiger partial charge is 0.494 e. The maximum atomic E-state index is 12.6. The summed E-state index contributed by atoms with van der Waals surface area (Å²) in [6.07, 6.45) is 2.95. The monoisotopic (exact) mass is 465 g/mol. The van der Waals surface area contributed by atoms with Gasteiger partial charge in [0.1, 0.15) is 11.8 Å². The minimum absolute atomic E-state index is 0.0420. The predicted octanol–water partition coefficient (Wildman–Crippen LogP) is 2.74. The molecule has 0 aromatic heterocycles. The van der Waals surface area contributed by atoms with Crippen molar-refractivity contribution in [3.63, 3.8) is 0 Å². The van der Waals surface area contributed by atoms with Gasteiger partial charge in [-0.05, 0) is 49.1 Å². The highest BCUT2D eigenvalue weighted by atomic mass is 16.5. The van der Waals surface area contributed by atoms with Crippen molar-refractivity contribution in [3.05, 3.63) is 65.7 Å². The smallest absolute Gasteiger partial charge is 0.241 e. The van der Waals surface area contributed by atoms with Crippen molar-refractivity contribution < 1.29 is 19.1 Å². The van der Waals surface area contributed by atoms with Crippen molar-refractivity contribution >= 4 is 11.7 Å². The maximum Gasteiger partial charge on any atom is 0.241 e. The molecule has 1 saturated carbocycles. The van der Waals surface area contributed by atoms with Crippen LogP contribution in [0.3, 0.4) is 0 Å². The van der Waals surface area contributed by atoms with Gasteiger partial charge in [0.25, 0.3) is 0 Å². The Labute approximate surface area is 201 Å². The molecule has 0 bridgehead atoms. The zero-order valence-corrected chi connectivity index (χ0v) is 19.7. The van der Waals surface area contributed by atoms with E-state index in [2.05, 4.69) is 4.90 Å². The molecule has 34 heavy (non-hydrogen) atoms. The summed E-state index contributed by atoms with van der Waals surface area (Å²) in [6, 6.07) is 16.7. The zero-order valence-electron chi connectivity index (χ0n) is 19.7. The van der Waals surface area contributed by atoms with Gasteiger partial charge in [-0.15, -0.1) is 0 Å². The summed E-state index contributed by atoms with van der Waals surface area (Å²) in [5.74, 6) is 1.25. The molecule has 1 atom stereocenters. The normalized spacial score (nSPS) is 17.4. The topological polar surface area (TPSA) is 85.1 Å². The van der Waals surface area contributed by atoms with Crippen molar-refractivity contribution in [1.82, 2.24) is 9.80 Å². The Morgan fingerprint density at radius 3 is 2.35 bits per heavy atom. The molecule has 4 rings (SSSR count). The molecule has 2 aliphatic rings. The zero-order chi connectivity index (χ0) is 23.8. The Hall–Kier alpha value is -2.74. The van der Waals surface area contributed by atoms with E-state index in [9.17, 15) is 9.59 Å². The van der Waals surface area contributed by atoms with Gasteiger partial charge in [-0.2, -0.15) is 0 Å². The maximum absolute atomic E-state index is 12.6. The number of hydrogen-bond donors (Lipinski definition) is 1. The van der Waals surface area contributed by atoms with Crippen LogP contribution >= 0.6 is 0 Å². The number of amides is 1. The number of ether oxygens (including phenoxy) is 2. The fraction of sp³-hybridized carbons (Fsp3) is 0.481. The van der Waals surface area contributed by atoms with Crippen LogP contribution in [-0.2, 0) is 16.1 Å². The average molecular weight is 466 g/mol. The lowest BCUT2D eigenvalue weighted by Crippen LogP contribution is -2.54. The fourth-order valence-corrected chi connectivity index (χ4v) is 4.15. The quantitative estimate of drug-likeness (QED) is 0.383. The molecule has 1 amide bonds. The number of nitrogens with two attached hydrogens (primary N) is 1. The highest BCUT2D eigenvalue weighted by Gasteiger charge is 2.30. The average Bonchev–Trinajstić information content (AvgIpc) is 3.73. The molecule has 1 saturated heterocycles. The van der Waals surface area contributed by atoms with Gasteiger partial charge >= 0.3 is 0 Å². The van der Waals surface area contributed by atoms with Crippen LogP contribution in [0, 0.1) is 5.92 Å². The van der Waals surface area contributed by atoms with E-state index in [1.54, 1.807) is 0 Å². The van der Waals surface area contributed by atoms with Gasteiger partial charge in [0.2, 0.25) is 5.91 Å². The van der Waals surface area contributed by atoms with Crippen LogP contribution in [0.2, 0.25) is 0 Å². The van der Waals surface area contributed by atoms with Crippen molar-refractivity contribution in [3.8, 4) is 5.75 Å². The SMILES string of the molecule is NC(COCc1ccccc1)C(=O)N1CCN(CCCOc2ccc(C(=O)C3CC3)cc2)CC1. The number of carbonyl (C=O) groups is 2. The lowest BCUT2D eigenvalue weighted by Gasteiger charge is -2.35. The molecular formula is C27H35N3O4. The minimum Gasteiger partial charge on any atom is -0.494 e.